The number of rotatable bonds is 7. The molecule has 2 aromatic carbocycles. The Morgan fingerprint density at radius 1 is 1.00 bits per heavy atom. The number of carbonyl (C=O) groups is 3. The molecular formula is C23H21NO4S. The first kappa shape index (κ1) is 20.5. The van der Waals surface area contributed by atoms with Crippen LogP contribution < -0.4 is 5.32 Å². The maximum Gasteiger partial charge on any atom is 0.338 e. The Morgan fingerprint density at radius 2 is 1.76 bits per heavy atom. The molecule has 5 nitrogen and oxygen atoms in total. The second-order valence-corrected chi connectivity index (χ2v) is 7.42. The normalized spacial score (nSPS) is 11.5. The summed E-state index contributed by atoms with van der Waals surface area (Å²) in [6, 6.07) is 17.2. The second-order valence-electron chi connectivity index (χ2n) is 6.47. The molecule has 3 aromatic rings. The highest BCUT2D eigenvalue weighted by molar-refractivity contribution is 7.12. The summed E-state index contributed by atoms with van der Waals surface area (Å²) in [6.45, 7) is 3.59. The van der Waals surface area contributed by atoms with Crippen molar-refractivity contribution < 1.29 is 19.1 Å². The van der Waals surface area contributed by atoms with Crippen molar-refractivity contribution in [1.29, 1.82) is 0 Å². The van der Waals surface area contributed by atoms with Crippen LogP contribution in [-0.2, 0) is 11.2 Å². The first-order valence-corrected chi connectivity index (χ1v) is 10.1. The summed E-state index contributed by atoms with van der Waals surface area (Å²) < 4.78 is 5.34. The molecule has 0 saturated carbocycles. The van der Waals surface area contributed by atoms with Gasteiger partial charge in [-0.25, -0.2) is 4.79 Å². The van der Waals surface area contributed by atoms with Crippen molar-refractivity contribution in [2.75, 3.05) is 5.32 Å². The lowest BCUT2D eigenvalue weighted by molar-refractivity contribution is 0.0319. The zero-order valence-corrected chi connectivity index (χ0v) is 17.0. The lowest BCUT2D eigenvalue weighted by Crippen LogP contribution is -2.24. The van der Waals surface area contributed by atoms with E-state index in [1.165, 1.54) is 17.4 Å². The van der Waals surface area contributed by atoms with Crippen LogP contribution in [0.25, 0.3) is 0 Å². The van der Waals surface area contributed by atoms with Gasteiger partial charge in [0.15, 0.2) is 6.10 Å². The summed E-state index contributed by atoms with van der Waals surface area (Å²) in [5, 5.41) is 4.57. The molecule has 1 aromatic heterocycles. The molecule has 0 unspecified atom stereocenters. The summed E-state index contributed by atoms with van der Waals surface area (Å²) in [5.74, 6) is -1.13. The highest BCUT2D eigenvalue weighted by atomic mass is 32.1. The summed E-state index contributed by atoms with van der Waals surface area (Å²) in [4.78, 5) is 37.7. The molecule has 3 rings (SSSR count). The number of hydrogen-bond donors (Lipinski definition) is 1. The maximum absolute atomic E-state index is 12.5. The van der Waals surface area contributed by atoms with Gasteiger partial charge in [-0.2, -0.15) is 0 Å². The van der Waals surface area contributed by atoms with Crippen LogP contribution >= 0.6 is 11.3 Å². The lowest BCUT2D eigenvalue weighted by atomic mass is 10.0. The minimum atomic E-state index is -0.917. The largest absolute Gasteiger partial charge is 0.451 e. The van der Waals surface area contributed by atoms with Crippen LogP contribution in [0.2, 0.25) is 0 Å². The molecule has 1 amide bonds. The number of amides is 1. The Bertz CT molecular complexity index is 1010. The van der Waals surface area contributed by atoms with Crippen LogP contribution in [-0.4, -0.2) is 23.8 Å². The number of carbonyl (C=O) groups excluding carboxylic acids is 3. The molecule has 0 aliphatic rings. The second kappa shape index (κ2) is 9.30. The zero-order valence-electron chi connectivity index (χ0n) is 16.2. The Kier molecular flexibility index (Phi) is 6.57. The topological polar surface area (TPSA) is 72.5 Å². The third-order valence-electron chi connectivity index (χ3n) is 4.40. The number of nitrogens with one attached hydrogen (secondary N) is 1. The number of thiophene rings is 1. The quantitative estimate of drug-likeness (QED) is 0.442. The minimum absolute atomic E-state index is 0.246. The van der Waals surface area contributed by atoms with E-state index in [1.54, 1.807) is 49.4 Å². The Morgan fingerprint density at radius 3 is 2.41 bits per heavy atom. The van der Waals surface area contributed by atoms with E-state index in [9.17, 15) is 14.4 Å². The number of benzene rings is 2. The summed E-state index contributed by atoms with van der Waals surface area (Å²) in [5.41, 5.74) is 2.37. The third kappa shape index (κ3) is 5.18. The van der Waals surface area contributed by atoms with Gasteiger partial charge in [-0.15, -0.1) is 11.3 Å². The molecule has 1 N–H and O–H groups in total. The van der Waals surface area contributed by atoms with Crippen molar-refractivity contribution in [2.24, 2.45) is 0 Å². The van der Waals surface area contributed by atoms with Crippen LogP contribution in [0.4, 0.5) is 5.69 Å². The van der Waals surface area contributed by atoms with Gasteiger partial charge in [-0.05, 0) is 48.6 Å². The maximum atomic E-state index is 12.5. The van der Waals surface area contributed by atoms with E-state index in [4.69, 9.17) is 4.74 Å². The van der Waals surface area contributed by atoms with Crippen molar-refractivity contribution in [2.45, 2.75) is 26.4 Å². The van der Waals surface area contributed by atoms with Gasteiger partial charge < -0.3 is 10.1 Å². The van der Waals surface area contributed by atoms with Crippen LogP contribution in [0.5, 0.6) is 0 Å². The first-order chi connectivity index (χ1) is 14.0. The lowest BCUT2D eigenvalue weighted by Gasteiger charge is -2.13. The van der Waals surface area contributed by atoms with Gasteiger partial charge in [-0.3, -0.25) is 9.59 Å². The highest BCUT2D eigenvalue weighted by Crippen LogP contribution is 2.17. The SMILES string of the molecule is CCc1ccc(C(=O)[C@H](C)OC(=O)c2cccc(NC(=O)c3cccs3)c2)cc1. The van der Waals surface area contributed by atoms with Gasteiger partial charge in [-0.1, -0.05) is 43.3 Å². The molecule has 0 aliphatic heterocycles. The fraction of sp³-hybridized carbons (Fsp3) is 0.174. The van der Waals surface area contributed by atoms with Crippen molar-refractivity contribution in [3.8, 4) is 0 Å². The van der Waals surface area contributed by atoms with E-state index in [1.807, 2.05) is 24.4 Å². The predicted octanol–water partition coefficient (Wildman–Crippen LogP) is 4.99. The zero-order chi connectivity index (χ0) is 20.8. The standard InChI is InChI=1S/C23H21NO4S/c1-3-16-9-11-17(12-10-16)21(25)15(2)28-23(27)18-6-4-7-19(14-18)24-22(26)20-8-5-13-29-20/h4-15H,3H2,1-2H3,(H,24,26)/t15-/m0/s1. The first-order valence-electron chi connectivity index (χ1n) is 9.27. The number of esters is 1. The number of ketones is 1. The van der Waals surface area contributed by atoms with Crippen LogP contribution in [0.3, 0.4) is 0 Å². The van der Waals surface area contributed by atoms with Crippen LogP contribution in [0.15, 0.2) is 66.0 Å². The number of aryl methyl sites for hydroxylation is 1. The monoisotopic (exact) mass is 407 g/mol. The molecule has 0 fully saturated rings. The molecule has 0 spiro atoms. The third-order valence-corrected chi connectivity index (χ3v) is 5.27. The number of anilines is 1. The molecule has 1 atom stereocenters. The molecule has 0 bridgehead atoms. The number of Topliss-reactive ketones (excluding diaryl/α,β-unsaturated/α-hetero) is 1. The minimum Gasteiger partial charge on any atom is -0.451 e. The van der Waals surface area contributed by atoms with Gasteiger partial charge in [0.2, 0.25) is 5.78 Å². The van der Waals surface area contributed by atoms with Gasteiger partial charge in [0.1, 0.15) is 0 Å². The predicted molar refractivity (Wildman–Crippen MR) is 114 cm³/mol. The number of ether oxygens (including phenoxy) is 1. The van der Waals surface area contributed by atoms with E-state index in [2.05, 4.69) is 5.32 Å². The van der Waals surface area contributed by atoms with Crippen molar-refractivity contribution in [1.82, 2.24) is 0 Å². The summed E-state index contributed by atoms with van der Waals surface area (Å²) in [6.07, 6.45) is -0.0300. The Hall–Kier alpha value is -3.25. The van der Waals surface area contributed by atoms with Crippen LogP contribution in [0, 0.1) is 0 Å². The fourth-order valence-electron chi connectivity index (χ4n) is 2.75. The van der Waals surface area contributed by atoms with Crippen molar-refractivity contribution in [3.05, 3.63) is 87.6 Å². The Balaban J connectivity index is 1.65. The highest BCUT2D eigenvalue weighted by Gasteiger charge is 2.20. The molecule has 0 saturated heterocycles. The molecule has 1 heterocycles. The van der Waals surface area contributed by atoms with Gasteiger partial charge in [0.05, 0.1) is 10.4 Å². The summed E-state index contributed by atoms with van der Waals surface area (Å²) in [7, 11) is 0. The number of hydrogen-bond acceptors (Lipinski definition) is 5. The molecule has 0 aliphatic carbocycles. The van der Waals surface area contributed by atoms with E-state index in [-0.39, 0.29) is 17.3 Å². The molecule has 148 valence electrons. The Labute approximate surface area is 173 Å². The molecule has 6 heteroatoms. The van der Waals surface area contributed by atoms with Gasteiger partial charge in [0.25, 0.3) is 5.91 Å². The average molecular weight is 407 g/mol. The van der Waals surface area contributed by atoms with E-state index >= 15 is 0 Å². The summed E-state index contributed by atoms with van der Waals surface area (Å²) >= 11 is 1.33. The fourth-order valence-corrected chi connectivity index (χ4v) is 3.36. The molecular weight excluding hydrogens is 386 g/mol. The van der Waals surface area contributed by atoms with Crippen molar-refractivity contribution in [3.63, 3.8) is 0 Å². The molecule has 0 radical (unpaired) electrons. The average Bonchev–Trinajstić information content (AvgIpc) is 3.28. The smallest absolute Gasteiger partial charge is 0.338 e. The van der Waals surface area contributed by atoms with E-state index in [0.717, 1.165) is 12.0 Å². The van der Waals surface area contributed by atoms with E-state index < -0.39 is 12.1 Å². The van der Waals surface area contributed by atoms with E-state index in [0.29, 0.717) is 16.1 Å². The van der Waals surface area contributed by atoms with Crippen LogP contribution in [0.1, 0.15) is 49.8 Å². The molecule has 29 heavy (non-hydrogen) atoms. The van der Waals surface area contributed by atoms with Gasteiger partial charge in [0, 0.05) is 11.3 Å². The van der Waals surface area contributed by atoms with Gasteiger partial charge >= 0.3 is 5.97 Å². The van der Waals surface area contributed by atoms with Crippen molar-refractivity contribution >= 4 is 34.7 Å².